The van der Waals surface area contributed by atoms with E-state index in [1.54, 1.807) is 29.1 Å². The first-order chi connectivity index (χ1) is 15.1. The number of nitrogens with one attached hydrogen (secondary N) is 1. The summed E-state index contributed by atoms with van der Waals surface area (Å²) in [7, 11) is 1.71. The van der Waals surface area contributed by atoms with Gasteiger partial charge in [-0.1, -0.05) is 35.5 Å². The van der Waals surface area contributed by atoms with E-state index >= 15 is 0 Å². The first-order valence-electron chi connectivity index (χ1n) is 10.4. The van der Waals surface area contributed by atoms with Gasteiger partial charge in [-0.3, -0.25) is 9.59 Å². The zero-order valence-electron chi connectivity index (χ0n) is 17.2. The lowest BCUT2D eigenvalue weighted by molar-refractivity contribution is -0.117. The molecule has 3 heterocycles. The number of pyridine rings is 1. The smallest absolute Gasteiger partial charge is 0.255 e. The van der Waals surface area contributed by atoms with Crippen LogP contribution in [0.2, 0.25) is 0 Å². The van der Waals surface area contributed by atoms with Crippen molar-refractivity contribution in [3.63, 3.8) is 0 Å². The van der Waals surface area contributed by atoms with E-state index in [0.717, 1.165) is 24.1 Å². The second kappa shape index (κ2) is 7.86. The predicted octanol–water partition coefficient (Wildman–Crippen LogP) is 3.18. The number of hydrogen-bond donors (Lipinski definition) is 1. The van der Waals surface area contributed by atoms with Crippen LogP contribution in [0.25, 0.3) is 11.3 Å². The standard InChI is InChI=1S/C23H23N5O3/c1-27(14-18-10-19(26-31-18)16-5-3-2-4-6-16)23(30)17-9-20-22(24-11-17)25-12-21(29)28(20)13-15-7-8-15/h2-6,9-11,15H,7-8,12-14H2,1H3,(H,24,25). The Hall–Kier alpha value is -3.68. The van der Waals surface area contributed by atoms with Crippen molar-refractivity contribution in [2.45, 2.75) is 19.4 Å². The molecule has 2 amide bonds. The molecule has 0 bridgehead atoms. The van der Waals surface area contributed by atoms with Crippen molar-refractivity contribution in [2.75, 3.05) is 30.4 Å². The van der Waals surface area contributed by atoms with Gasteiger partial charge in [0.15, 0.2) is 5.76 Å². The van der Waals surface area contributed by atoms with Gasteiger partial charge in [0.25, 0.3) is 5.91 Å². The van der Waals surface area contributed by atoms with E-state index in [9.17, 15) is 9.59 Å². The van der Waals surface area contributed by atoms with Gasteiger partial charge in [-0.15, -0.1) is 0 Å². The second-order valence-corrected chi connectivity index (χ2v) is 8.10. The number of carbonyl (C=O) groups excluding carboxylic acids is 2. The zero-order chi connectivity index (χ0) is 21.4. The molecule has 31 heavy (non-hydrogen) atoms. The molecule has 8 nitrogen and oxygen atoms in total. The first-order valence-corrected chi connectivity index (χ1v) is 10.4. The number of anilines is 2. The number of aromatic nitrogens is 2. The van der Waals surface area contributed by atoms with E-state index in [-0.39, 0.29) is 24.9 Å². The fourth-order valence-corrected chi connectivity index (χ4v) is 3.72. The summed E-state index contributed by atoms with van der Waals surface area (Å²) >= 11 is 0. The van der Waals surface area contributed by atoms with Gasteiger partial charge in [0.2, 0.25) is 5.91 Å². The normalized spacial score (nSPS) is 15.4. The molecule has 8 heteroatoms. The number of hydrogen-bond acceptors (Lipinski definition) is 6. The number of nitrogens with zero attached hydrogens (tertiary/aromatic N) is 4. The molecule has 3 aromatic rings. The average Bonchev–Trinajstić information content (AvgIpc) is 3.50. The Balaban J connectivity index is 1.32. The quantitative estimate of drug-likeness (QED) is 0.662. The van der Waals surface area contributed by atoms with Crippen LogP contribution in [0.5, 0.6) is 0 Å². The molecule has 158 valence electrons. The lowest BCUT2D eigenvalue weighted by Crippen LogP contribution is -2.41. The van der Waals surface area contributed by atoms with E-state index in [2.05, 4.69) is 15.5 Å². The van der Waals surface area contributed by atoms with Gasteiger partial charge in [0, 0.05) is 31.4 Å². The van der Waals surface area contributed by atoms with Crippen LogP contribution in [-0.2, 0) is 11.3 Å². The minimum Gasteiger partial charge on any atom is -0.359 e. The van der Waals surface area contributed by atoms with Crippen LogP contribution < -0.4 is 10.2 Å². The van der Waals surface area contributed by atoms with Crippen LogP contribution in [-0.4, -0.2) is 47.0 Å². The monoisotopic (exact) mass is 417 g/mol. The van der Waals surface area contributed by atoms with Gasteiger partial charge in [0.1, 0.15) is 11.5 Å². The third-order valence-electron chi connectivity index (χ3n) is 5.62. The maximum atomic E-state index is 13.0. The highest BCUT2D eigenvalue weighted by atomic mass is 16.5. The highest BCUT2D eigenvalue weighted by Crippen LogP contribution is 2.35. The fraction of sp³-hybridized carbons (Fsp3) is 0.304. The molecular formula is C23H23N5O3. The van der Waals surface area contributed by atoms with Crippen LogP contribution in [0.3, 0.4) is 0 Å². The molecule has 1 fully saturated rings. The summed E-state index contributed by atoms with van der Waals surface area (Å²) in [6, 6.07) is 13.3. The molecule has 0 radical (unpaired) electrons. The summed E-state index contributed by atoms with van der Waals surface area (Å²) in [6.07, 6.45) is 3.83. The average molecular weight is 417 g/mol. The third-order valence-corrected chi connectivity index (χ3v) is 5.62. The fourth-order valence-electron chi connectivity index (χ4n) is 3.72. The number of fused-ring (bicyclic) bond motifs is 1. The van der Waals surface area contributed by atoms with Crippen LogP contribution >= 0.6 is 0 Å². The summed E-state index contributed by atoms with van der Waals surface area (Å²) in [5, 5.41) is 7.14. The molecule has 2 aliphatic rings. The maximum Gasteiger partial charge on any atom is 0.255 e. The topological polar surface area (TPSA) is 91.6 Å². The van der Waals surface area contributed by atoms with Gasteiger partial charge < -0.3 is 19.6 Å². The first kappa shape index (κ1) is 19.3. The van der Waals surface area contributed by atoms with Crippen molar-refractivity contribution in [1.29, 1.82) is 0 Å². The minimum atomic E-state index is -0.197. The van der Waals surface area contributed by atoms with Crippen molar-refractivity contribution in [3.05, 3.63) is 60.0 Å². The maximum absolute atomic E-state index is 13.0. The van der Waals surface area contributed by atoms with E-state index in [1.807, 2.05) is 36.4 Å². The van der Waals surface area contributed by atoms with Gasteiger partial charge in [0.05, 0.1) is 24.3 Å². The van der Waals surface area contributed by atoms with Gasteiger partial charge in [-0.05, 0) is 24.8 Å². The molecule has 0 atom stereocenters. The van der Waals surface area contributed by atoms with Gasteiger partial charge in [-0.2, -0.15) is 0 Å². The van der Waals surface area contributed by atoms with E-state index < -0.39 is 0 Å². The van der Waals surface area contributed by atoms with Crippen LogP contribution in [0.15, 0.2) is 53.2 Å². The summed E-state index contributed by atoms with van der Waals surface area (Å²) in [5.41, 5.74) is 2.79. The molecule has 5 rings (SSSR count). The highest BCUT2D eigenvalue weighted by molar-refractivity contribution is 6.04. The largest absolute Gasteiger partial charge is 0.359 e. The molecule has 1 N–H and O–H groups in total. The van der Waals surface area contributed by atoms with Crippen molar-refractivity contribution >= 4 is 23.3 Å². The van der Waals surface area contributed by atoms with E-state index in [4.69, 9.17) is 4.52 Å². The number of carbonyl (C=O) groups is 2. The number of amides is 2. The van der Waals surface area contributed by atoms with Crippen LogP contribution in [0.4, 0.5) is 11.5 Å². The molecule has 1 aliphatic heterocycles. The van der Waals surface area contributed by atoms with E-state index in [1.165, 1.54) is 0 Å². The zero-order valence-corrected chi connectivity index (χ0v) is 17.2. The lowest BCUT2D eigenvalue weighted by atomic mass is 10.1. The summed E-state index contributed by atoms with van der Waals surface area (Å²) in [4.78, 5) is 33.2. The summed E-state index contributed by atoms with van der Waals surface area (Å²) < 4.78 is 5.43. The van der Waals surface area contributed by atoms with E-state index in [0.29, 0.717) is 35.3 Å². The molecule has 0 spiro atoms. The summed E-state index contributed by atoms with van der Waals surface area (Å²) in [6.45, 7) is 1.19. The third kappa shape index (κ3) is 4.01. The molecule has 2 aromatic heterocycles. The Bertz CT molecular complexity index is 1120. The van der Waals surface area contributed by atoms with Crippen molar-refractivity contribution in [1.82, 2.24) is 15.0 Å². The van der Waals surface area contributed by atoms with Crippen molar-refractivity contribution < 1.29 is 14.1 Å². The SMILES string of the molecule is CN(Cc1cc(-c2ccccc2)no1)C(=O)c1cnc2c(c1)N(CC1CC1)C(=O)CN2. The molecule has 1 saturated carbocycles. The predicted molar refractivity (Wildman–Crippen MR) is 116 cm³/mol. The second-order valence-electron chi connectivity index (χ2n) is 8.10. The Kier molecular flexibility index (Phi) is 4.89. The minimum absolute atomic E-state index is 0.00857. The molecule has 1 aromatic carbocycles. The highest BCUT2D eigenvalue weighted by Gasteiger charge is 2.32. The van der Waals surface area contributed by atoms with Crippen molar-refractivity contribution in [3.8, 4) is 11.3 Å². The Morgan fingerprint density at radius 1 is 1.26 bits per heavy atom. The summed E-state index contributed by atoms with van der Waals surface area (Å²) in [5.74, 6) is 1.59. The van der Waals surface area contributed by atoms with Crippen molar-refractivity contribution in [2.24, 2.45) is 5.92 Å². The van der Waals surface area contributed by atoms with Crippen LogP contribution in [0, 0.1) is 5.92 Å². The molecule has 0 saturated heterocycles. The molecule has 1 aliphatic carbocycles. The lowest BCUT2D eigenvalue weighted by Gasteiger charge is -2.30. The molecule has 0 unspecified atom stereocenters. The number of benzene rings is 1. The Morgan fingerprint density at radius 2 is 2.06 bits per heavy atom. The van der Waals surface area contributed by atoms with Gasteiger partial charge in [-0.25, -0.2) is 4.98 Å². The Morgan fingerprint density at radius 3 is 2.84 bits per heavy atom. The van der Waals surface area contributed by atoms with Gasteiger partial charge >= 0.3 is 0 Å². The molecular weight excluding hydrogens is 394 g/mol. The van der Waals surface area contributed by atoms with Crippen LogP contribution in [0.1, 0.15) is 29.0 Å². The Labute approximate surface area is 179 Å². The number of rotatable bonds is 6.